The second kappa shape index (κ2) is 7.08. The van der Waals surface area contributed by atoms with Crippen LogP contribution in [0.5, 0.6) is 0 Å². The van der Waals surface area contributed by atoms with Crippen molar-refractivity contribution in [2.45, 2.75) is 13.0 Å². The van der Waals surface area contributed by atoms with Crippen LogP contribution in [0, 0.1) is 5.82 Å². The Morgan fingerprint density at radius 3 is 2.71 bits per heavy atom. The number of hydrogen-bond donors (Lipinski definition) is 0. The van der Waals surface area contributed by atoms with E-state index in [0.717, 1.165) is 5.56 Å². The van der Waals surface area contributed by atoms with Crippen molar-refractivity contribution in [2.75, 3.05) is 6.61 Å². The van der Waals surface area contributed by atoms with E-state index >= 15 is 0 Å². The summed E-state index contributed by atoms with van der Waals surface area (Å²) in [5.74, 6) is -0.821. The summed E-state index contributed by atoms with van der Waals surface area (Å²) in [5.41, 5.74) is 2.07. The van der Waals surface area contributed by atoms with Gasteiger partial charge in [-0.2, -0.15) is 0 Å². The average molecular weight is 325 g/mol. The SMILES string of the molecule is O=Cc1cn(CC(=O)OCCc2ccccc2)c2ccc(F)cc12. The van der Waals surface area contributed by atoms with Gasteiger partial charge in [-0.1, -0.05) is 30.3 Å². The number of aromatic nitrogens is 1. The fourth-order valence-electron chi connectivity index (χ4n) is 2.63. The monoisotopic (exact) mass is 325 g/mol. The average Bonchev–Trinajstić information content (AvgIpc) is 2.92. The molecule has 0 aliphatic rings. The smallest absolute Gasteiger partial charge is 0.325 e. The van der Waals surface area contributed by atoms with Gasteiger partial charge in [0.05, 0.1) is 6.61 Å². The fraction of sp³-hybridized carbons (Fsp3) is 0.158. The lowest BCUT2D eigenvalue weighted by Gasteiger charge is -2.07. The molecular weight excluding hydrogens is 309 g/mol. The molecule has 0 aliphatic carbocycles. The van der Waals surface area contributed by atoms with Gasteiger partial charge in [0.2, 0.25) is 0 Å². The third-order valence-electron chi connectivity index (χ3n) is 3.80. The number of carbonyl (C=O) groups excluding carboxylic acids is 2. The minimum Gasteiger partial charge on any atom is -0.464 e. The number of hydrogen-bond acceptors (Lipinski definition) is 3. The van der Waals surface area contributed by atoms with Crippen molar-refractivity contribution in [3.05, 3.63) is 71.7 Å². The standard InChI is InChI=1S/C19H16FNO3/c20-16-6-7-18-17(10-16)15(13-22)11-21(18)12-19(23)24-9-8-14-4-2-1-3-5-14/h1-7,10-11,13H,8-9,12H2. The molecule has 1 heterocycles. The summed E-state index contributed by atoms with van der Waals surface area (Å²) in [5, 5.41) is 0.488. The molecule has 0 radical (unpaired) electrons. The normalized spacial score (nSPS) is 10.7. The van der Waals surface area contributed by atoms with Crippen LogP contribution in [0.1, 0.15) is 15.9 Å². The van der Waals surface area contributed by atoms with Gasteiger partial charge in [-0.15, -0.1) is 0 Å². The zero-order valence-corrected chi connectivity index (χ0v) is 12.9. The van der Waals surface area contributed by atoms with Crippen LogP contribution in [0.2, 0.25) is 0 Å². The van der Waals surface area contributed by atoms with E-state index in [2.05, 4.69) is 0 Å². The van der Waals surface area contributed by atoms with Gasteiger partial charge in [0, 0.05) is 29.1 Å². The van der Waals surface area contributed by atoms with Gasteiger partial charge >= 0.3 is 5.97 Å². The van der Waals surface area contributed by atoms with E-state index in [0.29, 0.717) is 29.2 Å². The predicted octanol–water partition coefficient (Wildman–Crippen LogP) is 3.38. The highest BCUT2D eigenvalue weighted by atomic mass is 19.1. The van der Waals surface area contributed by atoms with E-state index in [1.165, 1.54) is 18.3 Å². The molecule has 4 nitrogen and oxygen atoms in total. The summed E-state index contributed by atoms with van der Waals surface area (Å²) in [6.07, 6.45) is 2.83. The van der Waals surface area contributed by atoms with Crippen molar-refractivity contribution in [1.82, 2.24) is 4.57 Å². The molecule has 24 heavy (non-hydrogen) atoms. The zero-order chi connectivity index (χ0) is 16.9. The molecule has 122 valence electrons. The summed E-state index contributed by atoms with van der Waals surface area (Å²) in [6, 6.07) is 13.9. The topological polar surface area (TPSA) is 48.3 Å². The first kappa shape index (κ1) is 15.9. The van der Waals surface area contributed by atoms with Crippen molar-refractivity contribution in [2.24, 2.45) is 0 Å². The van der Waals surface area contributed by atoms with E-state index in [1.54, 1.807) is 10.6 Å². The molecule has 0 unspecified atom stereocenters. The Bertz CT molecular complexity index is 871. The molecule has 0 atom stereocenters. The first-order valence-electron chi connectivity index (χ1n) is 7.60. The first-order valence-corrected chi connectivity index (χ1v) is 7.60. The lowest BCUT2D eigenvalue weighted by Crippen LogP contribution is -2.14. The molecule has 0 amide bonds. The minimum absolute atomic E-state index is 0.0231. The molecular formula is C19H16FNO3. The highest BCUT2D eigenvalue weighted by Gasteiger charge is 2.12. The Kier molecular flexibility index (Phi) is 4.70. The summed E-state index contributed by atoms with van der Waals surface area (Å²) in [6.45, 7) is 0.266. The van der Waals surface area contributed by atoms with Gasteiger partial charge in [-0.25, -0.2) is 4.39 Å². The van der Waals surface area contributed by atoms with Gasteiger partial charge in [0.15, 0.2) is 6.29 Å². The molecule has 0 saturated carbocycles. The molecule has 3 rings (SSSR count). The second-order valence-electron chi connectivity index (χ2n) is 5.45. The summed E-state index contributed by atoms with van der Waals surface area (Å²) >= 11 is 0. The van der Waals surface area contributed by atoms with Crippen LogP contribution >= 0.6 is 0 Å². The maximum atomic E-state index is 13.3. The molecule has 0 spiro atoms. The van der Waals surface area contributed by atoms with Crippen molar-refractivity contribution in [3.63, 3.8) is 0 Å². The van der Waals surface area contributed by atoms with E-state index in [1.807, 2.05) is 30.3 Å². The van der Waals surface area contributed by atoms with Gasteiger partial charge in [0.25, 0.3) is 0 Å². The Morgan fingerprint density at radius 1 is 1.17 bits per heavy atom. The molecule has 5 heteroatoms. The summed E-state index contributed by atoms with van der Waals surface area (Å²) < 4.78 is 20.2. The van der Waals surface area contributed by atoms with Crippen LogP contribution in [-0.4, -0.2) is 23.4 Å². The van der Waals surface area contributed by atoms with Gasteiger partial charge < -0.3 is 9.30 Å². The fourth-order valence-corrected chi connectivity index (χ4v) is 2.63. The summed E-state index contributed by atoms with van der Waals surface area (Å²) in [4.78, 5) is 23.1. The maximum Gasteiger partial charge on any atom is 0.325 e. The highest BCUT2D eigenvalue weighted by molar-refractivity contribution is 5.98. The number of aldehydes is 1. The number of carbonyl (C=O) groups is 2. The number of benzene rings is 2. The second-order valence-corrected chi connectivity index (χ2v) is 5.45. The lowest BCUT2D eigenvalue weighted by molar-refractivity contribution is -0.144. The quantitative estimate of drug-likeness (QED) is 0.516. The highest BCUT2D eigenvalue weighted by Crippen LogP contribution is 2.21. The lowest BCUT2D eigenvalue weighted by atomic mass is 10.2. The Morgan fingerprint density at radius 2 is 1.96 bits per heavy atom. The van der Waals surface area contributed by atoms with Crippen LogP contribution in [0.25, 0.3) is 10.9 Å². The predicted molar refractivity (Wildman–Crippen MR) is 88.4 cm³/mol. The molecule has 0 aliphatic heterocycles. The number of esters is 1. The van der Waals surface area contributed by atoms with Crippen LogP contribution in [-0.2, 0) is 22.5 Å². The Labute approximate surface area is 138 Å². The Balaban J connectivity index is 1.66. The molecule has 0 bridgehead atoms. The third kappa shape index (κ3) is 3.51. The molecule has 1 aromatic heterocycles. The molecule has 3 aromatic rings. The van der Waals surface area contributed by atoms with Crippen molar-refractivity contribution >= 4 is 23.2 Å². The van der Waals surface area contributed by atoms with Crippen LogP contribution in [0.4, 0.5) is 4.39 Å². The van der Waals surface area contributed by atoms with E-state index < -0.39 is 11.8 Å². The van der Waals surface area contributed by atoms with Crippen molar-refractivity contribution in [1.29, 1.82) is 0 Å². The van der Waals surface area contributed by atoms with Crippen molar-refractivity contribution in [3.8, 4) is 0 Å². The van der Waals surface area contributed by atoms with E-state index in [-0.39, 0.29) is 13.2 Å². The largest absolute Gasteiger partial charge is 0.464 e. The van der Waals surface area contributed by atoms with Gasteiger partial charge in [-0.05, 0) is 23.8 Å². The van der Waals surface area contributed by atoms with Crippen LogP contribution in [0.15, 0.2) is 54.7 Å². The maximum absolute atomic E-state index is 13.3. The number of halogens is 1. The third-order valence-corrected chi connectivity index (χ3v) is 3.80. The van der Waals surface area contributed by atoms with Crippen LogP contribution < -0.4 is 0 Å². The van der Waals surface area contributed by atoms with Crippen LogP contribution in [0.3, 0.4) is 0 Å². The number of ether oxygens (including phenoxy) is 1. The minimum atomic E-state index is -0.422. The first-order chi connectivity index (χ1) is 11.7. The van der Waals surface area contributed by atoms with Gasteiger partial charge in [-0.3, -0.25) is 9.59 Å². The molecule has 0 N–H and O–H groups in total. The molecule has 0 fully saturated rings. The molecule has 0 saturated heterocycles. The summed E-state index contributed by atoms with van der Waals surface area (Å²) in [7, 11) is 0. The van der Waals surface area contributed by atoms with Crippen molar-refractivity contribution < 1.29 is 18.7 Å². The Hall–Kier alpha value is -2.95. The number of nitrogens with zero attached hydrogens (tertiary/aromatic N) is 1. The van der Waals surface area contributed by atoms with E-state index in [9.17, 15) is 14.0 Å². The van der Waals surface area contributed by atoms with Gasteiger partial charge in [0.1, 0.15) is 12.4 Å². The molecule has 2 aromatic carbocycles. The number of rotatable bonds is 6. The zero-order valence-electron chi connectivity index (χ0n) is 12.9. The number of fused-ring (bicyclic) bond motifs is 1. The van der Waals surface area contributed by atoms with E-state index in [4.69, 9.17) is 4.74 Å².